The predicted molar refractivity (Wildman–Crippen MR) is 421 cm³/mol. The van der Waals surface area contributed by atoms with Crippen molar-refractivity contribution < 1.29 is 125 Å². The monoisotopic (exact) mass is 1630 g/mol. The van der Waals surface area contributed by atoms with Gasteiger partial charge in [-0.25, -0.2) is 33.6 Å². The van der Waals surface area contributed by atoms with Crippen LogP contribution in [0.1, 0.15) is 305 Å². The molecule has 7 aliphatic heterocycles. The molecule has 0 radical (unpaired) electrons. The number of ketones is 3. The van der Waals surface area contributed by atoms with Crippen molar-refractivity contribution in [2.24, 2.45) is 0 Å². The maximum absolute atomic E-state index is 11.7. The van der Waals surface area contributed by atoms with Crippen LogP contribution in [0.5, 0.6) is 0 Å². The molecule has 7 fully saturated rings. The lowest BCUT2D eigenvalue weighted by molar-refractivity contribution is -0.142. The van der Waals surface area contributed by atoms with Gasteiger partial charge in [-0.15, -0.1) is 0 Å². The van der Waals surface area contributed by atoms with E-state index in [1.165, 1.54) is 58.3 Å². The number of rotatable bonds is 46. The summed E-state index contributed by atoms with van der Waals surface area (Å²) in [6.07, 6.45) is 32.9. The molecule has 0 aromatic rings. The fraction of sp³-hybridized carbons (Fsp3) is 0.768. The lowest BCUT2D eigenvalue weighted by Crippen LogP contribution is -2.39. The van der Waals surface area contributed by atoms with E-state index in [4.69, 9.17) is 28.8 Å². The molecule has 0 bridgehead atoms. The molecule has 33 nitrogen and oxygen atoms in total. The molecule has 9 atom stereocenters. The fourth-order valence-electron chi connectivity index (χ4n) is 11.8. The number of carbonyl (C=O) groups is 17. The lowest BCUT2D eigenvalue weighted by atomic mass is 10.1. The molecule has 7 heterocycles. The van der Waals surface area contributed by atoms with Crippen molar-refractivity contribution in [2.75, 3.05) is 46.2 Å². The molecule has 33 heteroatoms. The van der Waals surface area contributed by atoms with Gasteiger partial charge >= 0.3 is 41.8 Å². The molecule has 0 aliphatic carbocycles. The second-order valence-electron chi connectivity index (χ2n) is 29.1. The summed E-state index contributed by atoms with van der Waals surface area (Å²) in [5, 5.41) is 36.7. The van der Waals surface area contributed by atoms with Gasteiger partial charge in [0, 0.05) is 77.0 Å². The highest BCUT2D eigenvalue weighted by Crippen LogP contribution is 2.16. The van der Waals surface area contributed by atoms with E-state index in [-0.39, 0.29) is 109 Å². The number of nitrogens with one attached hydrogen (secondary N) is 7. The highest BCUT2D eigenvalue weighted by atomic mass is 16.6. The lowest BCUT2D eigenvalue weighted by Gasteiger charge is -2.12. The summed E-state index contributed by atoms with van der Waals surface area (Å²) in [6.45, 7) is 16.5. The molecule has 115 heavy (non-hydrogen) atoms. The van der Waals surface area contributed by atoms with Gasteiger partial charge in [0.25, 0.3) is 0 Å². The fourth-order valence-corrected chi connectivity index (χ4v) is 11.8. The van der Waals surface area contributed by atoms with Crippen LogP contribution in [0.4, 0.5) is 0 Å². The number of ether oxygens (including phenoxy) is 7. The number of esters is 7. The van der Waals surface area contributed by atoms with E-state index < -0.39 is 78.3 Å². The van der Waals surface area contributed by atoms with Gasteiger partial charge in [-0.1, -0.05) is 137 Å². The van der Waals surface area contributed by atoms with Crippen molar-refractivity contribution in [3.05, 3.63) is 12.2 Å². The van der Waals surface area contributed by atoms with E-state index in [0.717, 1.165) is 89.9 Å². The third-order valence-electron chi connectivity index (χ3n) is 18.3. The molecule has 7 amide bonds. The van der Waals surface area contributed by atoms with Crippen LogP contribution in [-0.4, -0.2) is 211 Å². The minimum atomic E-state index is -0.683. The van der Waals surface area contributed by atoms with E-state index in [2.05, 4.69) is 86.5 Å². The largest absolute Gasteiger partial charge is 0.464 e. The predicted octanol–water partition coefficient (Wildman–Crippen LogP) is 6.92. The summed E-state index contributed by atoms with van der Waals surface area (Å²) in [6, 6.07) is -3.55. The Kier molecular flexibility index (Phi) is 59.3. The zero-order valence-corrected chi connectivity index (χ0v) is 69.3. The number of Topliss-reactive ketones (excluding diaryl/α,β-unsaturated/α-hetero) is 3. The van der Waals surface area contributed by atoms with Crippen molar-refractivity contribution in [3.63, 3.8) is 0 Å². The van der Waals surface area contributed by atoms with Crippen LogP contribution in [-0.2, 0) is 115 Å². The number of hydrogen-bond donors (Lipinski definition) is 9. The molecule has 7 unspecified atom stereocenters. The number of aliphatic hydroxyl groups excluding tert-OH is 2. The minimum absolute atomic E-state index is 0.0176. The first-order valence-electron chi connectivity index (χ1n) is 41.9. The SMILES string of the molecule is CCCC(=O)CC(=O)NC1CCOC1=O.CCCC(=O)NC1CCOC1=O.CCCCCC(=O)CC(=O)NC1CCOC1=O.CCCCCC(=O)NC1CCOC1=O.CCCCCC/C=C\CCC[C@H](O)CC(=O)NC1CCOC1=O.CCCCCCCCCC(=O)CC(=O)NC1CCOC1=O.C[C@H](O)CC(=O)NC1CCOC1=O. The summed E-state index contributed by atoms with van der Waals surface area (Å²) in [5.74, 6) is -4.65. The molecule has 7 rings (SSSR count). The average Bonchev–Trinajstić information content (AvgIpc) is 1.85. The van der Waals surface area contributed by atoms with Gasteiger partial charge in [0.1, 0.15) is 59.6 Å². The number of allylic oxidation sites excluding steroid dienone is 2. The topological polar surface area (TPSA) is 479 Å². The highest BCUT2D eigenvalue weighted by molar-refractivity contribution is 6.01. The number of aliphatic hydroxyl groups is 2. The van der Waals surface area contributed by atoms with Crippen LogP contribution in [0, 0.1) is 0 Å². The van der Waals surface area contributed by atoms with E-state index in [9.17, 15) is 86.6 Å². The zero-order chi connectivity index (χ0) is 85.6. The summed E-state index contributed by atoms with van der Waals surface area (Å²) < 4.78 is 33.0. The van der Waals surface area contributed by atoms with Crippen LogP contribution >= 0.6 is 0 Å². The summed E-state index contributed by atoms with van der Waals surface area (Å²) >= 11 is 0. The first kappa shape index (κ1) is 104. The van der Waals surface area contributed by atoms with E-state index in [0.29, 0.717) is 130 Å². The summed E-state index contributed by atoms with van der Waals surface area (Å²) in [4.78, 5) is 191. The summed E-state index contributed by atoms with van der Waals surface area (Å²) in [7, 11) is 0. The second kappa shape index (κ2) is 65.4. The van der Waals surface area contributed by atoms with Gasteiger partial charge in [-0.2, -0.15) is 0 Å². The smallest absolute Gasteiger partial charge is 0.328 e. The quantitative estimate of drug-likeness (QED) is 0.00980. The third kappa shape index (κ3) is 53.2. The van der Waals surface area contributed by atoms with Crippen LogP contribution < -0.4 is 37.2 Å². The Morgan fingerprint density at radius 2 is 0.557 bits per heavy atom. The summed E-state index contributed by atoms with van der Waals surface area (Å²) in [5.41, 5.74) is 0. The van der Waals surface area contributed by atoms with Gasteiger partial charge in [0.15, 0.2) is 0 Å². The van der Waals surface area contributed by atoms with Crippen molar-refractivity contribution in [2.45, 2.75) is 360 Å². The van der Waals surface area contributed by atoms with E-state index in [1.54, 1.807) is 0 Å². The molecule has 0 aromatic carbocycles. The number of unbranched alkanes of at least 4 members (excludes halogenated alkanes) is 15. The maximum atomic E-state index is 11.7. The Hall–Kier alpha value is -8.75. The van der Waals surface area contributed by atoms with E-state index >= 15 is 0 Å². The Morgan fingerprint density at radius 1 is 0.304 bits per heavy atom. The van der Waals surface area contributed by atoms with Crippen molar-refractivity contribution in [1.29, 1.82) is 0 Å². The van der Waals surface area contributed by atoms with Gasteiger partial charge in [0.2, 0.25) is 41.4 Å². The number of hydrogen-bond acceptors (Lipinski definition) is 26. The van der Waals surface area contributed by atoms with Crippen LogP contribution in [0.25, 0.3) is 0 Å². The molecular weight excluding hydrogens is 1500 g/mol. The number of amides is 7. The van der Waals surface area contributed by atoms with Gasteiger partial charge in [0.05, 0.1) is 90.6 Å². The zero-order valence-electron chi connectivity index (χ0n) is 69.3. The van der Waals surface area contributed by atoms with Gasteiger partial charge < -0.3 is 80.6 Å². The van der Waals surface area contributed by atoms with Crippen molar-refractivity contribution in [1.82, 2.24) is 37.2 Å². The Bertz CT molecular complexity index is 3020. The normalized spacial score (nSPS) is 19.9. The van der Waals surface area contributed by atoms with Crippen molar-refractivity contribution >= 4 is 100 Å². The number of carbonyl (C=O) groups excluding carboxylic acids is 17. The van der Waals surface area contributed by atoms with Crippen molar-refractivity contribution in [3.8, 4) is 0 Å². The molecule has 0 aromatic heterocycles. The minimum Gasteiger partial charge on any atom is -0.464 e. The standard InChI is InChI=1S/C18H31NO4.C16H27NO4.C12H19NO4.C10H15NO4.C10H17NO3.C8H13NO4.C8H13NO3/c1-2-3-4-5-6-7-8-9-10-11-15(20)14-17(21)19-16-12-13-23-18(16)22;1-2-3-4-5-6-7-8-9-13(18)12-15(19)17-14-10-11-21-16(14)20;1-2-3-4-5-9(14)8-11(15)13-10-6-7-17-12(10)16;1-2-3-7(12)6-9(13)11-8-4-5-15-10(8)14;1-2-3-4-5-9(12)11-8-6-7-14-10(8)13;1-5(10)4-7(11)9-6-2-3-13-8(6)12;1-2-3-7(10)9-6-4-5-12-8(6)11/h7-8,15-16,20H,2-6,9-14H2,1H3,(H,19,21);14H,2-12H2,1H3,(H,17,19);10H,2-8H2,1H3,(H,13,15);8H,2-6H2,1H3,(H,11,13);8H,2-7H2,1H3,(H,11,12);5-6,10H,2-4H2,1H3,(H,9,11);6H,2-5H2,1H3,(H,9,10)/b8-7-;;;;;;/t15-,16?;;;;;5-,6?;/m0....0./s1. The Labute approximate surface area is 678 Å². The third-order valence-corrected chi connectivity index (χ3v) is 18.3. The molecule has 7 saturated heterocycles. The maximum Gasteiger partial charge on any atom is 0.328 e. The van der Waals surface area contributed by atoms with Gasteiger partial charge in [-0.3, -0.25) is 47.9 Å². The first-order valence-corrected chi connectivity index (χ1v) is 41.9. The molecule has 9 N–H and O–H groups in total. The molecule has 0 saturated carbocycles. The van der Waals surface area contributed by atoms with E-state index in [1.807, 2.05) is 13.8 Å². The highest BCUT2D eigenvalue weighted by Gasteiger charge is 2.34. The molecule has 0 spiro atoms. The van der Waals surface area contributed by atoms with Crippen LogP contribution in [0.2, 0.25) is 0 Å². The van der Waals surface area contributed by atoms with Crippen LogP contribution in [0.3, 0.4) is 0 Å². The Balaban J connectivity index is 0.000000678. The van der Waals surface area contributed by atoms with Gasteiger partial charge in [-0.05, 0) is 71.1 Å². The average molecular weight is 1640 g/mol. The van der Waals surface area contributed by atoms with Crippen LogP contribution in [0.15, 0.2) is 12.2 Å². The number of cyclic esters (lactones) is 7. The molecule has 654 valence electrons. The molecule has 7 aliphatic rings. The Morgan fingerprint density at radius 3 is 0.870 bits per heavy atom. The molecular formula is C82H135N7O26. The second-order valence-corrected chi connectivity index (χ2v) is 29.1. The first-order chi connectivity index (χ1) is 55.1.